The van der Waals surface area contributed by atoms with E-state index < -0.39 is 23.5 Å². The van der Waals surface area contributed by atoms with Gasteiger partial charge < -0.3 is 15.2 Å². The molecular formula is C17H20N2O4. The molecular weight excluding hydrogens is 296 g/mol. The van der Waals surface area contributed by atoms with Crippen molar-refractivity contribution >= 4 is 23.0 Å². The van der Waals surface area contributed by atoms with Gasteiger partial charge in [0, 0.05) is 5.39 Å². The van der Waals surface area contributed by atoms with Gasteiger partial charge in [-0.1, -0.05) is 45.0 Å². The van der Waals surface area contributed by atoms with E-state index in [9.17, 15) is 14.7 Å². The highest BCUT2D eigenvalue weighted by molar-refractivity contribution is 5.81. The van der Waals surface area contributed by atoms with Gasteiger partial charge in [-0.05, 0) is 17.5 Å². The number of para-hydroxylation sites is 1. The summed E-state index contributed by atoms with van der Waals surface area (Å²) in [4.78, 5) is 27.4. The number of aliphatic carboxylic acids is 1. The van der Waals surface area contributed by atoms with Crippen molar-refractivity contribution in [1.82, 2.24) is 10.3 Å². The SMILES string of the molecule is CC(C)(C)[C@H](NC(=O)OCc1ccc2ccccc2n1)C(=O)O. The van der Waals surface area contributed by atoms with E-state index in [-0.39, 0.29) is 6.61 Å². The molecule has 0 unspecified atom stereocenters. The molecule has 0 aliphatic heterocycles. The molecule has 1 atom stereocenters. The van der Waals surface area contributed by atoms with Gasteiger partial charge in [0.2, 0.25) is 0 Å². The Hall–Kier alpha value is -2.63. The fourth-order valence-corrected chi connectivity index (χ4v) is 2.14. The van der Waals surface area contributed by atoms with Crippen LogP contribution in [0.4, 0.5) is 4.79 Å². The topological polar surface area (TPSA) is 88.5 Å². The number of ether oxygens (including phenoxy) is 1. The molecule has 122 valence electrons. The van der Waals surface area contributed by atoms with E-state index in [1.54, 1.807) is 26.8 Å². The summed E-state index contributed by atoms with van der Waals surface area (Å²) in [6, 6.07) is 10.3. The quantitative estimate of drug-likeness (QED) is 0.905. The molecule has 1 heterocycles. The maximum Gasteiger partial charge on any atom is 0.408 e. The molecule has 1 aromatic heterocycles. The molecule has 2 rings (SSSR count). The number of pyridine rings is 1. The number of carboxylic acids is 1. The molecule has 1 amide bonds. The number of nitrogens with zero attached hydrogens (tertiary/aromatic N) is 1. The second-order valence-electron chi connectivity index (χ2n) is 6.35. The van der Waals surface area contributed by atoms with E-state index in [0.717, 1.165) is 10.9 Å². The van der Waals surface area contributed by atoms with Crippen LogP contribution in [-0.4, -0.2) is 28.2 Å². The molecule has 6 heteroatoms. The molecule has 2 N–H and O–H groups in total. The summed E-state index contributed by atoms with van der Waals surface area (Å²) in [5.41, 5.74) is 0.792. The van der Waals surface area contributed by atoms with Gasteiger partial charge in [-0.25, -0.2) is 14.6 Å². The average molecular weight is 316 g/mol. The van der Waals surface area contributed by atoms with Crippen molar-refractivity contribution in [2.24, 2.45) is 5.41 Å². The van der Waals surface area contributed by atoms with E-state index in [4.69, 9.17) is 4.74 Å². The fourth-order valence-electron chi connectivity index (χ4n) is 2.14. The van der Waals surface area contributed by atoms with E-state index in [0.29, 0.717) is 5.69 Å². The molecule has 23 heavy (non-hydrogen) atoms. The zero-order chi connectivity index (χ0) is 17.0. The smallest absolute Gasteiger partial charge is 0.408 e. The molecule has 2 aromatic rings. The molecule has 0 saturated carbocycles. The van der Waals surface area contributed by atoms with E-state index in [1.807, 2.05) is 30.3 Å². The first kappa shape index (κ1) is 16.7. The maximum absolute atomic E-state index is 11.8. The number of rotatable bonds is 4. The fraction of sp³-hybridized carbons (Fsp3) is 0.353. The molecule has 6 nitrogen and oxygen atoms in total. The van der Waals surface area contributed by atoms with Crippen LogP contribution in [0.5, 0.6) is 0 Å². The third kappa shape index (κ3) is 4.42. The lowest BCUT2D eigenvalue weighted by Gasteiger charge is -2.27. The molecule has 0 aliphatic rings. The summed E-state index contributed by atoms with van der Waals surface area (Å²) in [5.74, 6) is -1.10. The van der Waals surface area contributed by atoms with Gasteiger partial charge >= 0.3 is 12.1 Å². The van der Waals surface area contributed by atoms with Crippen LogP contribution in [0.2, 0.25) is 0 Å². The number of alkyl carbamates (subject to hydrolysis) is 1. The summed E-state index contributed by atoms with van der Waals surface area (Å²) in [5, 5.41) is 12.6. The Bertz CT molecular complexity index is 722. The van der Waals surface area contributed by atoms with Gasteiger partial charge in [0.25, 0.3) is 0 Å². The van der Waals surface area contributed by atoms with E-state index >= 15 is 0 Å². The van der Waals surface area contributed by atoms with E-state index in [2.05, 4.69) is 10.3 Å². The standard InChI is InChI=1S/C17H20N2O4/c1-17(2,3)14(15(20)21)19-16(22)23-10-12-9-8-11-6-4-5-7-13(11)18-12/h4-9,14H,10H2,1-3H3,(H,19,22)(H,20,21)/t14-/m1/s1. The van der Waals surface area contributed by atoms with Crippen LogP contribution in [0, 0.1) is 5.41 Å². The summed E-state index contributed by atoms with van der Waals surface area (Å²) >= 11 is 0. The van der Waals surface area contributed by atoms with Gasteiger partial charge in [-0.15, -0.1) is 0 Å². The summed E-state index contributed by atoms with van der Waals surface area (Å²) < 4.78 is 5.08. The monoisotopic (exact) mass is 316 g/mol. The van der Waals surface area contributed by atoms with Gasteiger partial charge in [0.1, 0.15) is 12.6 Å². The van der Waals surface area contributed by atoms with Gasteiger partial charge in [-0.3, -0.25) is 0 Å². The summed E-state index contributed by atoms with van der Waals surface area (Å²) in [6.45, 7) is 5.18. The maximum atomic E-state index is 11.8. The van der Waals surface area contributed by atoms with Gasteiger partial charge in [0.05, 0.1) is 11.2 Å². The number of benzene rings is 1. The van der Waals surface area contributed by atoms with Crippen molar-refractivity contribution in [3.8, 4) is 0 Å². The van der Waals surface area contributed by atoms with E-state index in [1.165, 1.54) is 0 Å². The molecule has 0 bridgehead atoms. The van der Waals surface area contributed by atoms with Crippen molar-refractivity contribution in [1.29, 1.82) is 0 Å². The zero-order valence-corrected chi connectivity index (χ0v) is 13.4. The Morgan fingerprint density at radius 3 is 2.57 bits per heavy atom. The lowest BCUT2D eigenvalue weighted by atomic mass is 9.87. The Balaban J connectivity index is 1.98. The van der Waals surface area contributed by atoms with Crippen LogP contribution in [-0.2, 0) is 16.1 Å². The second kappa shape index (κ2) is 6.64. The highest BCUT2D eigenvalue weighted by Crippen LogP contribution is 2.19. The number of aromatic nitrogens is 1. The predicted molar refractivity (Wildman–Crippen MR) is 85.9 cm³/mol. The Kier molecular flexibility index (Phi) is 4.83. The number of amides is 1. The normalized spacial score (nSPS) is 12.7. The van der Waals surface area contributed by atoms with Crippen LogP contribution in [0.1, 0.15) is 26.5 Å². The minimum Gasteiger partial charge on any atom is -0.480 e. The van der Waals surface area contributed by atoms with Crippen LogP contribution in [0.15, 0.2) is 36.4 Å². The number of nitrogens with one attached hydrogen (secondary N) is 1. The molecule has 0 spiro atoms. The van der Waals surface area contributed by atoms with Crippen molar-refractivity contribution in [3.63, 3.8) is 0 Å². The number of carbonyl (C=O) groups is 2. The van der Waals surface area contributed by atoms with Crippen LogP contribution >= 0.6 is 0 Å². The van der Waals surface area contributed by atoms with Gasteiger partial charge in [-0.2, -0.15) is 0 Å². The number of carbonyl (C=O) groups excluding carboxylic acids is 1. The first-order valence-corrected chi connectivity index (χ1v) is 7.28. The lowest BCUT2D eigenvalue weighted by molar-refractivity contribution is -0.142. The molecule has 0 saturated heterocycles. The second-order valence-corrected chi connectivity index (χ2v) is 6.35. The molecule has 0 radical (unpaired) electrons. The van der Waals surface area contributed by atoms with Crippen LogP contribution < -0.4 is 5.32 Å². The summed E-state index contributed by atoms with van der Waals surface area (Å²) in [7, 11) is 0. The minimum atomic E-state index is -1.10. The van der Waals surface area contributed by atoms with Gasteiger partial charge in [0.15, 0.2) is 0 Å². The van der Waals surface area contributed by atoms with Crippen LogP contribution in [0.3, 0.4) is 0 Å². The summed E-state index contributed by atoms with van der Waals surface area (Å²) in [6.07, 6.45) is -0.776. The zero-order valence-electron chi connectivity index (χ0n) is 13.4. The number of hydrogen-bond donors (Lipinski definition) is 2. The van der Waals surface area contributed by atoms with Crippen molar-refractivity contribution < 1.29 is 19.4 Å². The highest BCUT2D eigenvalue weighted by Gasteiger charge is 2.33. The largest absolute Gasteiger partial charge is 0.480 e. The number of carboxylic acid groups (broad SMARTS) is 1. The number of hydrogen-bond acceptors (Lipinski definition) is 4. The molecule has 1 aromatic carbocycles. The van der Waals surface area contributed by atoms with Crippen molar-refractivity contribution in [2.45, 2.75) is 33.4 Å². The Morgan fingerprint density at radius 2 is 1.91 bits per heavy atom. The number of fused-ring (bicyclic) bond motifs is 1. The first-order chi connectivity index (χ1) is 10.8. The molecule has 0 fully saturated rings. The average Bonchev–Trinajstić information content (AvgIpc) is 2.49. The van der Waals surface area contributed by atoms with Crippen molar-refractivity contribution in [3.05, 3.63) is 42.1 Å². The highest BCUT2D eigenvalue weighted by atomic mass is 16.5. The third-order valence-electron chi connectivity index (χ3n) is 3.38. The Morgan fingerprint density at radius 1 is 1.22 bits per heavy atom. The minimum absolute atomic E-state index is 0.0207. The Labute approximate surface area is 134 Å². The van der Waals surface area contributed by atoms with Crippen LogP contribution in [0.25, 0.3) is 10.9 Å². The first-order valence-electron chi connectivity index (χ1n) is 7.28. The predicted octanol–water partition coefficient (Wildman–Crippen LogP) is 2.96. The molecule has 0 aliphatic carbocycles. The third-order valence-corrected chi connectivity index (χ3v) is 3.38. The lowest BCUT2D eigenvalue weighted by Crippen LogP contribution is -2.49. The van der Waals surface area contributed by atoms with Crippen molar-refractivity contribution in [2.75, 3.05) is 0 Å².